The van der Waals surface area contributed by atoms with Gasteiger partial charge in [0.1, 0.15) is 5.82 Å². The van der Waals surface area contributed by atoms with E-state index in [9.17, 15) is 0 Å². The van der Waals surface area contributed by atoms with Crippen LogP contribution in [-0.2, 0) is 0 Å². The van der Waals surface area contributed by atoms with E-state index in [1.54, 1.807) is 11.8 Å². The molecule has 0 radical (unpaired) electrons. The Balaban J connectivity index is 2.04. The Morgan fingerprint density at radius 1 is 1.10 bits per heavy atom. The molecule has 0 fully saturated rings. The van der Waals surface area contributed by atoms with Gasteiger partial charge in [0.25, 0.3) is 0 Å². The highest BCUT2D eigenvalue weighted by Crippen LogP contribution is 2.22. The monoisotopic (exact) mass is 287 g/mol. The molecule has 0 amide bonds. The lowest BCUT2D eigenvalue weighted by atomic mass is 10.1. The number of hydrogen-bond donors (Lipinski definition) is 1. The van der Waals surface area contributed by atoms with Crippen molar-refractivity contribution in [3.05, 3.63) is 48.2 Å². The lowest BCUT2D eigenvalue weighted by Gasteiger charge is -2.17. The highest BCUT2D eigenvalue weighted by Gasteiger charge is 2.06. The molecule has 0 saturated carbocycles. The van der Waals surface area contributed by atoms with E-state index in [0.717, 1.165) is 11.5 Å². The lowest BCUT2D eigenvalue weighted by Crippen LogP contribution is -2.11. The van der Waals surface area contributed by atoms with Crippen molar-refractivity contribution in [1.29, 1.82) is 0 Å². The van der Waals surface area contributed by atoms with Gasteiger partial charge in [-0.1, -0.05) is 12.1 Å². The van der Waals surface area contributed by atoms with E-state index in [1.807, 2.05) is 31.3 Å². The van der Waals surface area contributed by atoms with E-state index in [1.165, 1.54) is 10.5 Å². The zero-order valence-electron chi connectivity index (χ0n) is 12.4. The maximum atomic E-state index is 4.41. The van der Waals surface area contributed by atoms with Crippen LogP contribution in [0.4, 0.5) is 11.5 Å². The molecule has 4 heteroatoms. The fourth-order valence-electron chi connectivity index (χ4n) is 1.96. The number of aromatic nitrogens is 1. The van der Waals surface area contributed by atoms with Gasteiger partial charge in [-0.3, -0.25) is 0 Å². The van der Waals surface area contributed by atoms with Crippen LogP contribution < -0.4 is 10.2 Å². The molecule has 1 N–H and O–H groups in total. The second-order valence-electron chi connectivity index (χ2n) is 4.94. The first-order valence-electron chi connectivity index (χ1n) is 6.64. The molecule has 0 aliphatic carbocycles. The van der Waals surface area contributed by atoms with E-state index in [0.29, 0.717) is 0 Å². The van der Waals surface area contributed by atoms with E-state index in [2.05, 4.69) is 53.8 Å². The molecule has 1 aromatic carbocycles. The van der Waals surface area contributed by atoms with Crippen molar-refractivity contribution in [2.75, 3.05) is 30.6 Å². The highest BCUT2D eigenvalue weighted by molar-refractivity contribution is 7.98. The number of anilines is 2. The van der Waals surface area contributed by atoms with Crippen LogP contribution in [0.1, 0.15) is 18.5 Å². The number of benzene rings is 1. The van der Waals surface area contributed by atoms with Gasteiger partial charge in [0.15, 0.2) is 0 Å². The number of hydrogen-bond acceptors (Lipinski definition) is 4. The molecule has 1 aromatic heterocycles. The average molecular weight is 287 g/mol. The molecule has 20 heavy (non-hydrogen) atoms. The van der Waals surface area contributed by atoms with Gasteiger partial charge in [-0.25, -0.2) is 4.98 Å². The molecule has 0 bridgehead atoms. The smallest absolute Gasteiger partial charge is 0.128 e. The fraction of sp³-hybridized carbons (Fsp3) is 0.312. The summed E-state index contributed by atoms with van der Waals surface area (Å²) in [6.45, 7) is 2.16. The zero-order valence-corrected chi connectivity index (χ0v) is 13.2. The Hall–Kier alpha value is -1.68. The second-order valence-corrected chi connectivity index (χ2v) is 5.82. The summed E-state index contributed by atoms with van der Waals surface area (Å²) < 4.78 is 0. The first-order valence-corrected chi connectivity index (χ1v) is 7.86. The third-order valence-corrected chi connectivity index (χ3v) is 3.95. The molecule has 2 rings (SSSR count). The van der Waals surface area contributed by atoms with Gasteiger partial charge in [0.2, 0.25) is 0 Å². The van der Waals surface area contributed by atoms with Crippen molar-refractivity contribution in [2.24, 2.45) is 0 Å². The minimum Gasteiger partial charge on any atom is -0.377 e. The van der Waals surface area contributed by atoms with Gasteiger partial charge in [0, 0.05) is 25.0 Å². The molecule has 1 unspecified atom stereocenters. The highest BCUT2D eigenvalue weighted by atomic mass is 32.2. The van der Waals surface area contributed by atoms with Gasteiger partial charge in [-0.05, 0) is 43.0 Å². The van der Waals surface area contributed by atoms with Crippen LogP contribution in [0.2, 0.25) is 0 Å². The second kappa shape index (κ2) is 6.66. The van der Waals surface area contributed by atoms with Crippen LogP contribution in [0.5, 0.6) is 0 Å². The summed E-state index contributed by atoms with van der Waals surface area (Å²) in [5, 5.41) is 3.47. The number of pyridine rings is 1. The maximum absolute atomic E-state index is 4.41. The fourth-order valence-corrected chi connectivity index (χ4v) is 2.37. The van der Waals surface area contributed by atoms with Gasteiger partial charge >= 0.3 is 0 Å². The minimum absolute atomic E-state index is 0.262. The first-order chi connectivity index (χ1) is 9.60. The number of thioether (sulfide) groups is 1. The quantitative estimate of drug-likeness (QED) is 0.840. The van der Waals surface area contributed by atoms with Gasteiger partial charge in [-0.2, -0.15) is 0 Å². The first kappa shape index (κ1) is 14.7. The Kier molecular flexibility index (Phi) is 4.90. The molecule has 3 nitrogen and oxygen atoms in total. The summed E-state index contributed by atoms with van der Waals surface area (Å²) in [7, 11) is 3.98. The van der Waals surface area contributed by atoms with E-state index >= 15 is 0 Å². The summed E-state index contributed by atoms with van der Waals surface area (Å²) in [5.41, 5.74) is 2.32. The van der Waals surface area contributed by atoms with E-state index in [4.69, 9.17) is 0 Å². The zero-order chi connectivity index (χ0) is 14.5. The largest absolute Gasteiger partial charge is 0.377 e. The summed E-state index contributed by atoms with van der Waals surface area (Å²) >= 11 is 1.76. The van der Waals surface area contributed by atoms with Crippen LogP contribution in [0, 0.1) is 0 Å². The third-order valence-electron chi connectivity index (χ3n) is 3.21. The van der Waals surface area contributed by atoms with Crippen LogP contribution in [-0.4, -0.2) is 25.3 Å². The summed E-state index contributed by atoms with van der Waals surface area (Å²) in [6, 6.07) is 13.0. The number of rotatable bonds is 5. The standard InChI is InChI=1S/C16H21N3S/c1-12(13-5-8-15(20-4)9-6-13)18-14-7-10-16(17-11-14)19(2)3/h5-12,18H,1-4H3. The van der Waals surface area contributed by atoms with Crippen molar-refractivity contribution in [2.45, 2.75) is 17.9 Å². The van der Waals surface area contributed by atoms with Gasteiger partial charge < -0.3 is 10.2 Å². The van der Waals surface area contributed by atoms with Crippen molar-refractivity contribution in [3.8, 4) is 0 Å². The predicted octanol–water partition coefficient (Wildman–Crippen LogP) is 4.04. The normalized spacial score (nSPS) is 12.0. The SMILES string of the molecule is CSc1ccc(C(C)Nc2ccc(N(C)C)nc2)cc1. The number of nitrogens with zero attached hydrogens (tertiary/aromatic N) is 2. The molecule has 0 saturated heterocycles. The van der Waals surface area contributed by atoms with Crippen molar-refractivity contribution < 1.29 is 0 Å². The Morgan fingerprint density at radius 2 is 1.80 bits per heavy atom. The molecule has 1 atom stereocenters. The molecule has 106 valence electrons. The summed E-state index contributed by atoms with van der Waals surface area (Å²) in [4.78, 5) is 7.70. The molecule has 2 aromatic rings. The van der Waals surface area contributed by atoms with Crippen molar-refractivity contribution in [1.82, 2.24) is 4.98 Å². The molecule has 0 aliphatic rings. The van der Waals surface area contributed by atoms with Crippen LogP contribution in [0.3, 0.4) is 0 Å². The van der Waals surface area contributed by atoms with Crippen LogP contribution in [0.15, 0.2) is 47.5 Å². The van der Waals surface area contributed by atoms with Crippen molar-refractivity contribution >= 4 is 23.3 Å². The third kappa shape index (κ3) is 3.67. The maximum Gasteiger partial charge on any atom is 0.128 e. The number of nitrogens with one attached hydrogen (secondary N) is 1. The molecular weight excluding hydrogens is 266 g/mol. The molecule has 1 heterocycles. The molecular formula is C16H21N3S. The molecule has 0 spiro atoms. The van der Waals surface area contributed by atoms with Gasteiger partial charge in [-0.15, -0.1) is 11.8 Å². The van der Waals surface area contributed by atoms with Crippen molar-refractivity contribution in [3.63, 3.8) is 0 Å². The van der Waals surface area contributed by atoms with E-state index in [-0.39, 0.29) is 6.04 Å². The van der Waals surface area contributed by atoms with Gasteiger partial charge in [0.05, 0.1) is 11.9 Å². The summed E-state index contributed by atoms with van der Waals surface area (Å²) in [5.74, 6) is 0.965. The summed E-state index contributed by atoms with van der Waals surface area (Å²) in [6.07, 6.45) is 3.97. The Morgan fingerprint density at radius 3 is 2.30 bits per heavy atom. The Bertz CT molecular complexity index is 535. The van der Waals surface area contributed by atoms with E-state index < -0.39 is 0 Å². The van der Waals surface area contributed by atoms with Crippen LogP contribution >= 0.6 is 11.8 Å². The van der Waals surface area contributed by atoms with Crippen LogP contribution in [0.25, 0.3) is 0 Å². The topological polar surface area (TPSA) is 28.2 Å². The average Bonchev–Trinajstić information content (AvgIpc) is 2.48. The Labute approximate surface area is 125 Å². The lowest BCUT2D eigenvalue weighted by molar-refractivity contribution is 0.880. The predicted molar refractivity (Wildman–Crippen MR) is 88.8 cm³/mol. The molecule has 0 aliphatic heterocycles. The minimum atomic E-state index is 0.262.